The number of hydrogen-bond donors (Lipinski definition) is 0. The molecule has 0 bridgehead atoms. The Balaban J connectivity index is 2.02. The van der Waals surface area contributed by atoms with Crippen molar-refractivity contribution in [3.8, 4) is 5.75 Å². The van der Waals surface area contributed by atoms with Crippen LogP contribution >= 0.6 is 7.82 Å². The molecule has 1 aromatic rings. The van der Waals surface area contributed by atoms with Crippen LogP contribution in [0, 0.1) is 0 Å². The van der Waals surface area contributed by atoms with E-state index in [0.717, 1.165) is 25.7 Å². The topological polar surface area (TPSA) is 44.8 Å². The Hall–Kier alpha value is -0.830. The smallest absolute Gasteiger partial charge is 0.404 e. The Labute approximate surface area is 102 Å². The minimum atomic E-state index is -3.43. The molecule has 0 spiro atoms. The minimum Gasteiger partial charge on any atom is -0.404 e. The summed E-state index contributed by atoms with van der Waals surface area (Å²) in [5.41, 5.74) is 0. The SMILES string of the molecule is O=P1(Oc2ccccc2)OCCCCCCO1. The zero-order valence-electron chi connectivity index (χ0n) is 9.71. The Morgan fingerprint density at radius 2 is 1.53 bits per heavy atom. The maximum absolute atomic E-state index is 12.3. The van der Waals surface area contributed by atoms with Crippen molar-refractivity contribution < 1.29 is 18.1 Å². The first-order valence-corrected chi connectivity index (χ1v) is 7.38. The van der Waals surface area contributed by atoms with Gasteiger partial charge in [0.25, 0.3) is 0 Å². The predicted octanol–water partition coefficient (Wildman–Crippen LogP) is 3.78. The van der Waals surface area contributed by atoms with Gasteiger partial charge in [0.05, 0.1) is 13.2 Å². The molecule has 0 aliphatic carbocycles. The molecule has 4 nitrogen and oxygen atoms in total. The summed E-state index contributed by atoms with van der Waals surface area (Å²) in [4.78, 5) is 0. The minimum absolute atomic E-state index is 0.421. The fraction of sp³-hybridized carbons (Fsp3) is 0.500. The molecule has 1 heterocycles. The van der Waals surface area contributed by atoms with Crippen molar-refractivity contribution in [3.05, 3.63) is 30.3 Å². The second-order valence-electron chi connectivity index (χ2n) is 3.93. The third-order valence-electron chi connectivity index (χ3n) is 2.50. The monoisotopic (exact) mass is 256 g/mol. The Kier molecular flexibility index (Phi) is 4.60. The number of phosphoric acid groups is 1. The van der Waals surface area contributed by atoms with E-state index in [2.05, 4.69) is 0 Å². The number of rotatable bonds is 2. The van der Waals surface area contributed by atoms with Gasteiger partial charge in [-0.05, 0) is 25.0 Å². The molecule has 0 N–H and O–H groups in total. The van der Waals surface area contributed by atoms with Gasteiger partial charge in [-0.1, -0.05) is 31.0 Å². The molecule has 0 atom stereocenters. The molecule has 0 radical (unpaired) electrons. The van der Waals surface area contributed by atoms with E-state index in [1.165, 1.54) is 0 Å². The van der Waals surface area contributed by atoms with Crippen LogP contribution in [-0.4, -0.2) is 13.2 Å². The molecule has 1 aliphatic heterocycles. The van der Waals surface area contributed by atoms with E-state index in [-0.39, 0.29) is 0 Å². The van der Waals surface area contributed by atoms with Crippen LogP contribution in [0.4, 0.5) is 0 Å². The van der Waals surface area contributed by atoms with Crippen LogP contribution in [0.2, 0.25) is 0 Å². The third-order valence-corrected chi connectivity index (χ3v) is 3.93. The highest BCUT2D eigenvalue weighted by Crippen LogP contribution is 2.50. The summed E-state index contributed by atoms with van der Waals surface area (Å²) >= 11 is 0. The number of hydrogen-bond acceptors (Lipinski definition) is 4. The highest BCUT2D eigenvalue weighted by atomic mass is 31.2. The summed E-state index contributed by atoms with van der Waals surface area (Å²) in [6, 6.07) is 8.97. The molecular formula is C12H17O4P. The Morgan fingerprint density at radius 1 is 0.941 bits per heavy atom. The molecule has 17 heavy (non-hydrogen) atoms. The van der Waals surface area contributed by atoms with Crippen LogP contribution in [0.15, 0.2) is 30.3 Å². The average molecular weight is 256 g/mol. The van der Waals surface area contributed by atoms with Gasteiger partial charge in [-0.2, -0.15) is 0 Å². The van der Waals surface area contributed by atoms with Crippen molar-refractivity contribution in [2.45, 2.75) is 25.7 Å². The van der Waals surface area contributed by atoms with Crippen molar-refractivity contribution in [3.63, 3.8) is 0 Å². The lowest BCUT2D eigenvalue weighted by Crippen LogP contribution is -2.03. The summed E-state index contributed by atoms with van der Waals surface area (Å²) in [5, 5.41) is 0. The molecular weight excluding hydrogens is 239 g/mol. The molecule has 1 fully saturated rings. The quantitative estimate of drug-likeness (QED) is 0.755. The van der Waals surface area contributed by atoms with Crippen LogP contribution in [-0.2, 0) is 13.6 Å². The maximum Gasteiger partial charge on any atom is 0.530 e. The molecule has 0 unspecified atom stereocenters. The molecule has 1 saturated heterocycles. The van der Waals surface area contributed by atoms with Crippen molar-refractivity contribution in [1.29, 1.82) is 0 Å². The highest BCUT2D eigenvalue weighted by molar-refractivity contribution is 7.48. The maximum atomic E-state index is 12.3. The van der Waals surface area contributed by atoms with Crippen LogP contribution in [0.25, 0.3) is 0 Å². The van der Waals surface area contributed by atoms with E-state index >= 15 is 0 Å². The molecule has 0 saturated carbocycles. The lowest BCUT2D eigenvalue weighted by Gasteiger charge is -2.17. The van der Waals surface area contributed by atoms with Crippen molar-refractivity contribution in [1.82, 2.24) is 0 Å². The fourth-order valence-electron chi connectivity index (χ4n) is 1.61. The first kappa shape index (κ1) is 12.6. The molecule has 1 aliphatic rings. The van der Waals surface area contributed by atoms with Crippen LogP contribution < -0.4 is 4.52 Å². The van der Waals surface area contributed by atoms with Gasteiger partial charge in [-0.15, -0.1) is 0 Å². The van der Waals surface area contributed by atoms with Crippen LogP contribution in [0.3, 0.4) is 0 Å². The first-order valence-electron chi connectivity index (χ1n) is 5.92. The lowest BCUT2D eigenvalue weighted by molar-refractivity contribution is 0.160. The highest BCUT2D eigenvalue weighted by Gasteiger charge is 2.28. The zero-order chi connectivity index (χ0) is 12.0. The van der Waals surface area contributed by atoms with Gasteiger partial charge in [-0.3, -0.25) is 9.05 Å². The summed E-state index contributed by atoms with van der Waals surface area (Å²) < 4.78 is 28.1. The fourth-order valence-corrected chi connectivity index (χ4v) is 2.88. The third kappa shape index (κ3) is 4.15. The summed E-state index contributed by atoms with van der Waals surface area (Å²) in [5.74, 6) is 0.509. The van der Waals surface area contributed by atoms with Gasteiger partial charge in [0.15, 0.2) is 0 Å². The average Bonchev–Trinajstić information content (AvgIpc) is 2.43. The molecule has 94 valence electrons. The van der Waals surface area contributed by atoms with Crippen LogP contribution in [0.5, 0.6) is 5.75 Å². The van der Waals surface area contributed by atoms with Gasteiger partial charge in [0.1, 0.15) is 5.75 Å². The lowest BCUT2D eigenvalue weighted by atomic mass is 10.2. The number of phosphoric ester groups is 1. The van der Waals surface area contributed by atoms with E-state index in [1.807, 2.05) is 18.2 Å². The van der Waals surface area contributed by atoms with E-state index in [0.29, 0.717) is 19.0 Å². The second kappa shape index (κ2) is 6.20. The van der Waals surface area contributed by atoms with Gasteiger partial charge < -0.3 is 4.52 Å². The standard InChI is InChI=1S/C12H17O4P/c13-17(16-12-8-4-3-5-9-12)14-10-6-1-2-7-11-15-17/h3-5,8-9H,1-2,6-7,10-11H2. The molecule has 1 aromatic carbocycles. The summed E-state index contributed by atoms with van der Waals surface area (Å²) in [7, 11) is -3.43. The summed E-state index contributed by atoms with van der Waals surface area (Å²) in [6.07, 6.45) is 3.94. The molecule has 2 rings (SSSR count). The van der Waals surface area contributed by atoms with Gasteiger partial charge >= 0.3 is 7.82 Å². The van der Waals surface area contributed by atoms with Gasteiger partial charge in [0.2, 0.25) is 0 Å². The van der Waals surface area contributed by atoms with E-state index in [1.54, 1.807) is 12.1 Å². The first-order chi connectivity index (χ1) is 8.29. The molecule has 0 amide bonds. The zero-order valence-corrected chi connectivity index (χ0v) is 10.6. The van der Waals surface area contributed by atoms with E-state index in [9.17, 15) is 4.57 Å². The Morgan fingerprint density at radius 3 is 2.12 bits per heavy atom. The van der Waals surface area contributed by atoms with Gasteiger partial charge in [-0.25, -0.2) is 4.57 Å². The van der Waals surface area contributed by atoms with Gasteiger partial charge in [0, 0.05) is 0 Å². The van der Waals surface area contributed by atoms with Crippen molar-refractivity contribution in [2.24, 2.45) is 0 Å². The van der Waals surface area contributed by atoms with Crippen molar-refractivity contribution >= 4 is 7.82 Å². The second-order valence-corrected chi connectivity index (χ2v) is 5.53. The molecule has 0 aromatic heterocycles. The van der Waals surface area contributed by atoms with Crippen molar-refractivity contribution in [2.75, 3.05) is 13.2 Å². The van der Waals surface area contributed by atoms with E-state index < -0.39 is 7.82 Å². The number of benzene rings is 1. The largest absolute Gasteiger partial charge is 0.530 e. The summed E-state index contributed by atoms with van der Waals surface area (Å²) in [6.45, 7) is 0.841. The normalized spacial score (nSPS) is 20.9. The number of para-hydroxylation sites is 1. The van der Waals surface area contributed by atoms with Crippen LogP contribution in [0.1, 0.15) is 25.7 Å². The molecule has 5 heteroatoms. The predicted molar refractivity (Wildman–Crippen MR) is 65.0 cm³/mol. The van der Waals surface area contributed by atoms with E-state index in [4.69, 9.17) is 13.6 Å². The Bertz CT molecular complexity index is 365.